The van der Waals surface area contributed by atoms with Gasteiger partial charge in [-0.1, -0.05) is 310 Å². The summed E-state index contributed by atoms with van der Waals surface area (Å²) < 4.78 is 12.9. The van der Waals surface area contributed by atoms with E-state index in [1.807, 2.05) is 119 Å². The summed E-state index contributed by atoms with van der Waals surface area (Å²) in [5, 5.41) is 65.1. The molecule has 738 valence electrons. The minimum Gasteiger partial charge on any atom is -0.520 e. The molecular formula is C114H139B3Br2N4O16Si. The van der Waals surface area contributed by atoms with Gasteiger partial charge in [0.1, 0.15) is 19.6 Å². The number of nitrogens with two attached hydrogens (primary N) is 1. The lowest BCUT2D eigenvalue weighted by molar-refractivity contribution is 0.0686. The average Bonchev–Trinajstić information content (AvgIpc) is 1.46. The first-order chi connectivity index (χ1) is 64.3. The number of carbonyl (C=O) groups excluding carboxylic acids is 4. The SMILES string of the molecule is C.C.C.C.C.C.C#Cc1cccc(C(=O)O)c1.CC(=O)c1cccc(Br)c1.CC(=O)c1cccc(C#C[Si](C)(C)C)c1.CCc1cccc(C2CCN(C(=O)c3cccc(/C=C/B(O)O)c3)CC2)c1.CCc1cccc(C2CCNCC2)c1.NCc1cccc(C2CCN(C(=O)c3cccc(/C=C/B(O)O)c3)CC2)c1.O=C(O)c1cccc(/C=C/B2Oc3ccccc3O2)c1.O=C(O)c1cccc(Br)c1. The van der Waals surface area contributed by atoms with E-state index in [2.05, 4.69) is 155 Å². The first-order valence-electron chi connectivity index (χ1n) is 44.5. The zero-order valence-electron chi connectivity index (χ0n) is 76.5. The molecule has 0 bridgehead atoms. The van der Waals surface area contributed by atoms with Gasteiger partial charge in [0.25, 0.3) is 11.8 Å². The van der Waals surface area contributed by atoms with Crippen molar-refractivity contribution in [2.45, 2.75) is 168 Å². The van der Waals surface area contributed by atoms with Gasteiger partial charge < -0.3 is 65.6 Å². The number of hydrogen-bond acceptors (Lipinski definition) is 15. The highest BCUT2D eigenvalue weighted by Crippen LogP contribution is 2.35. The van der Waals surface area contributed by atoms with E-state index in [1.165, 1.54) is 72.3 Å². The normalized spacial score (nSPS) is 12.7. The van der Waals surface area contributed by atoms with Crippen LogP contribution in [0.3, 0.4) is 0 Å². The third-order valence-electron chi connectivity index (χ3n) is 21.8. The molecule has 11 aromatic rings. The third kappa shape index (κ3) is 43.3. The van der Waals surface area contributed by atoms with Crippen LogP contribution in [-0.4, -0.2) is 155 Å². The number of carboxylic acid groups (broad SMARTS) is 3. The van der Waals surface area contributed by atoms with Crippen molar-refractivity contribution in [2.75, 3.05) is 39.3 Å². The zero-order valence-corrected chi connectivity index (χ0v) is 80.7. The molecule has 3 saturated heterocycles. The highest BCUT2D eigenvalue weighted by molar-refractivity contribution is 9.10. The van der Waals surface area contributed by atoms with Crippen molar-refractivity contribution in [3.8, 4) is 35.3 Å². The van der Waals surface area contributed by atoms with Crippen molar-refractivity contribution >= 4 is 121 Å². The summed E-state index contributed by atoms with van der Waals surface area (Å²) in [7, 11) is -4.81. The molecule has 2 amide bonds. The zero-order chi connectivity index (χ0) is 97.1. The summed E-state index contributed by atoms with van der Waals surface area (Å²) in [6, 6.07) is 82.6. The fourth-order valence-corrected chi connectivity index (χ4v) is 15.8. The van der Waals surface area contributed by atoms with Crippen LogP contribution in [0.5, 0.6) is 11.5 Å². The van der Waals surface area contributed by atoms with E-state index in [1.54, 1.807) is 122 Å². The van der Waals surface area contributed by atoms with Crippen LogP contribution in [-0.2, 0) is 19.4 Å². The molecule has 4 heterocycles. The quantitative estimate of drug-likeness (QED) is 0.0206. The molecule has 0 radical (unpaired) electrons. The Balaban J connectivity index is 0.000000552. The summed E-state index contributed by atoms with van der Waals surface area (Å²) in [5.41, 5.74) is 24.6. The number of para-hydroxylation sites is 2. The monoisotopic (exact) mass is 2040 g/mol. The number of hydrogen-bond donors (Lipinski definition) is 9. The second kappa shape index (κ2) is 64.4. The molecule has 0 spiro atoms. The van der Waals surface area contributed by atoms with Crippen LogP contribution in [0, 0.1) is 23.8 Å². The molecule has 20 nitrogen and oxygen atoms in total. The smallest absolute Gasteiger partial charge is 0.520 e. The van der Waals surface area contributed by atoms with E-state index in [0.717, 1.165) is 119 Å². The molecule has 0 atom stereocenters. The molecule has 10 N–H and O–H groups in total. The van der Waals surface area contributed by atoms with Gasteiger partial charge in [-0.2, -0.15) is 0 Å². The van der Waals surface area contributed by atoms with Gasteiger partial charge >= 0.3 is 39.3 Å². The lowest BCUT2D eigenvalue weighted by atomic mass is 9.88. The molecule has 26 heteroatoms. The topological polar surface area (TPSA) is 324 Å². The van der Waals surface area contributed by atoms with Crippen LogP contribution < -0.4 is 20.4 Å². The first kappa shape index (κ1) is 123. The van der Waals surface area contributed by atoms with Crippen molar-refractivity contribution in [1.82, 2.24) is 15.1 Å². The van der Waals surface area contributed by atoms with Crippen molar-refractivity contribution in [3.05, 3.63) is 394 Å². The van der Waals surface area contributed by atoms with Crippen LogP contribution in [0.4, 0.5) is 0 Å². The summed E-state index contributed by atoms with van der Waals surface area (Å²) in [6.07, 6.45) is 18.7. The molecule has 15 rings (SSSR count). The Bertz CT molecular complexity index is 5750. The molecular weight excluding hydrogens is 1900 g/mol. The number of nitrogens with zero attached hydrogens (tertiary/aromatic N) is 2. The van der Waals surface area contributed by atoms with E-state index >= 15 is 0 Å². The number of amides is 2. The predicted molar refractivity (Wildman–Crippen MR) is 587 cm³/mol. The predicted octanol–water partition coefficient (Wildman–Crippen LogP) is 24.2. The molecule has 11 aromatic carbocycles. The van der Waals surface area contributed by atoms with Crippen LogP contribution in [0.15, 0.2) is 294 Å². The molecule has 0 aromatic heterocycles. The fourth-order valence-electron chi connectivity index (χ4n) is 14.5. The number of fused-ring (bicyclic) bond motifs is 1. The van der Waals surface area contributed by atoms with Crippen LogP contribution in [0.1, 0.15) is 262 Å². The van der Waals surface area contributed by atoms with Gasteiger partial charge in [0.05, 0.1) is 16.7 Å². The van der Waals surface area contributed by atoms with Crippen molar-refractivity contribution in [1.29, 1.82) is 0 Å². The number of carbonyl (C=O) groups is 7. The number of benzene rings is 11. The number of ketones is 2. The van der Waals surface area contributed by atoms with E-state index in [9.17, 15) is 33.6 Å². The molecule has 0 saturated carbocycles. The lowest BCUT2D eigenvalue weighted by Crippen LogP contribution is -2.37. The highest BCUT2D eigenvalue weighted by atomic mass is 79.9. The first-order valence-corrected chi connectivity index (χ1v) is 49.5. The van der Waals surface area contributed by atoms with Gasteiger partial charge in [-0.3, -0.25) is 19.2 Å². The van der Waals surface area contributed by atoms with Gasteiger partial charge in [0.2, 0.25) is 0 Å². The number of terminal acetylenes is 1. The Morgan fingerprint density at radius 1 is 0.436 bits per heavy atom. The minimum atomic E-state index is -1.50. The number of carboxylic acids is 3. The van der Waals surface area contributed by atoms with Crippen LogP contribution >= 0.6 is 31.9 Å². The van der Waals surface area contributed by atoms with Gasteiger partial charge in [-0.25, -0.2) is 14.4 Å². The van der Waals surface area contributed by atoms with Crippen molar-refractivity contribution < 1.29 is 78.3 Å². The Hall–Kier alpha value is -12.8. The summed E-state index contributed by atoms with van der Waals surface area (Å²) in [6.45, 7) is 20.0. The highest BCUT2D eigenvalue weighted by Gasteiger charge is 2.30. The number of Topliss-reactive ketones (excluding diaryl/α,β-unsaturated/α-hetero) is 2. The Kier molecular flexibility index (Phi) is 56.7. The summed E-state index contributed by atoms with van der Waals surface area (Å²) in [5.74, 6) is 10.4. The molecule has 140 heavy (non-hydrogen) atoms. The fraction of sp³-hybridized carbons (Fsp3) is 0.272. The Morgan fingerprint density at radius 3 is 1.15 bits per heavy atom. The summed E-state index contributed by atoms with van der Waals surface area (Å²) >= 11 is 6.45. The molecule has 4 aliphatic rings. The molecule has 0 unspecified atom stereocenters. The maximum Gasteiger partial charge on any atom is 0.625 e. The maximum absolute atomic E-state index is 12.8. The van der Waals surface area contributed by atoms with Gasteiger partial charge in [0, 0.05) is 75.0 Å². The number of likely N-dealkylation sites (tertiary alicyclic amines) is 2. The molecule has 3 fully saturated rings. The largest absolute Gasteiger partial charge is 0.625 e. The maximum atomic E-state index is 12.8. The third-order valence-corrected chi connectivity index (χ3v) is 23.6. The molecule has 0 aliphatic carbocycles. The van der Waals surface area contributed by atoms with E-state index in [-0.39, 0.29) is 79.1 Å². The lowest BCUT2D eigenvalue weighted by Gasteiger charge is -2.32. The number of aryl methyl sites for hydroxylation is 2. The Morgan fingerprint density at radius 2 is 0.771 bits per heavy atom. The number of piperidine rings is 3. The van der Waals surface area contributed by atoms with Gasteiger partial charge in [-0.05, 0) is 261 Å². The number of aromatic carboxylic acids is 3. The van der Waals surface area contributed by atoms with Gasteiger partial charge in [-0.15, -0.1) is 12.0 Å². The van der Waals surface area contributed by atoms with E-state index in [0.29, 0.717) is 52.1 Å². The van der Waals surface area contributed by atoms with Gasteiger partial charge in [0.15, 0.2) is 11.6 Å². The Labute approximate surface area is 850 Å². The number of halogens is 2. The second-order valence-corrected chi connectivity index (χ2v) is 39.6. The standard InChI is InChI=1S/C22H26BNO3.C21H25BN2O3.C15H11BO4.C13H19N.C13H16OSi.C9H6O2.C8H7BrO.C7H5BrO2.6CH4/c1-2-17-5-3-7-20(15-17)19-10-13-24(14-11-19)22(25)21-8-4-6-18(16-21)9-12-23(26)27;23-15-17-4-2-5-19(14-17)18-8-11-24(12-9-18)21(25)20-6-1-3-16(13-20)7-10-22(26)27;17-15(18)12-5-3-4-11(10-12)8-9-16-19-13-6-1-2-7-14(13)20-16;1-2-11-4-3-5-13(10-11)12-6-8-14-9-7-12;1-11(14)13-7-5-6-12(10-13)8-9-15(2,3)4;1-2-7-4-3-5-8(6-7)9(10)11;1-6(10)7-3-2-4-8(9)5-7;8-6-3-1-2-5(4-6)7(9)10;;;;;;/h3-9,12,15-16,19,26-27H,2,10-11,13-14H2,1H3;1-7,10,13-14,18,26-27H,8-9,11-12,15,23H2;1-10H,(H,17,18);3-5,10,12,14H,2,6-9H2,1H3;5-7,10H,1-4H3;1,3-6H,(H,10,11);2-5H,1H3;1-4H,(H,9,10);6*1H4/b12-9+;10-7+;9-8+;;;;;;;;;;;. The van der Waals surface area contributed by atoms with Crippen LogP contribution in [0.2, 0.25) is 19.6 Å². The number of nitrogens with one attached hydrogen (secondary N) is 1. The second-order valence-electron chi connectivity index (χ2n) is 33.0. The minimum absolute atomic E-state index is 0. The molecule has 4 aliphatic heterocycles. The van der Waals surface area contributed by atoms with Crippen molar-refractivity contribution in [3.63, 3.8) is 0 Å². The van der Waals surface area contributed by atoms with E-state index < -0.39 is 47.3 Å². The number of rotatable bonds is 19. The van der Waals surface area contributed by atoms with Crippen LogP contribution in [0.25, 0.3) is 18.2 Å². The van der Waals surface area contributed by atoms with Crippen molar-refractivity contribution in [2.24, 2.45) is 5.73 Å². The average molecular weight is 2040 g/mol. The van der Waals surface area contributed by atoms with E-state index in [4.69, 9.17) is 56.9 Å². The summed E-state index contributed by atoms with van der Waals surface area (Å²) in [4.78, 5) is 83.0.